The van der Waals surface area contributed by atoms with Gasteiger partial charge in [0.05, 0.1) is 34.8 Å². The first-order chi connectivity index (χ1) is 13.3. The van der Waals surface area contributed by atoms with Gasteiger partial charge in [-0.05, 0) is 48.9 Å². The van der Waals surface area contributed by atoms with Gasteiger partial charge in [0.1, 0.15) is 12.3 Å². The smallest absolute Gasteiger partial charge is 0.260 e. The van der Waals surface area contributed by atoms with Crippen molar-refractivity contribution in [3.63, 3.8) is 0 Å². The number of anilines is 1. The third-order valence-electron chi connectivity index (χ3n) is 3.69. The van der Waals surface area contributed by atoms with E-state index >= 15 is 0 Å². The van der Waals surface area contributed by atoms with Crippen LogP contribution in [0.25, 0.3) is 0 Å². The number of hydrazone groups is 1. The van der Waals surface area contributed by atoms with Crippen LogP contribution >= 0.6 is 23.2 Å². The van der Waals surface area contributed by atoms with Crippen molar-refractivity contribution in [1.29, 1.82) is 0 Å². The lowest BCUT2D eigenvalue weighted by atomic mass is 10.2. The first-order valence-electron chi connectivity index (χ1n) is 8.18. The van der Waals surface area contributed by atoms with Crippen molar-refractivity contribution >= 4 is 51.0 Å². The molecule has 0 heterocycles. The lowest BCUT2D eigenvalue weighted by Gasteiger charge is -2.23. The third kappa shape index (κ3) is 5.85. The van der Waals surface area contributed by atoms with E-state index in [0.717, 1.165) is 4.31 Å². The van der Waals surface area contributed by atoms with E-state index < -0.39 is 22.5 Å². The summed E-state index contributed by atoms with van der Waals surface area (Å²) in [6.45, 7) is 1.09. The lowest BCUT2D eigenvalue weighted by Crippen LogP contribution is -2.40. The fourth-order valence-electron chi connectivity index (χ4n) is 2.19. The van der Waals surface area contributed by atoms with E-state index in [2.05, 4.69) is 10.5 Å². The Bertz CT molecular complexity index is 963. The van der Waals surface area contributed by atoms with Crippen molar-refractivity contribution < 1.29 is 17.9 Å². The number of carbonyl (C=O) groups excluding carboxylic acids is 1. The van der Waals surface area contributed by atoms with Gasteiger partial charge in [-0.15, -0.1) is 0 Å². The van der Waals surface area contributed by atoms with Gasteiger partial charge in [0.15, 0.2) is 0 Å². The maximum absolute atomic E-state index is 12.4. The summed E-state index contributed by atoms with van der Waals surface area (Å²) in [5.74, 6) is -0.170. The Morgan fingerprint density at radius 2 is 1.86 bits per heavy atom. The molecule has 0 fully saturated rings. The molecule has 0 spiro atoms. The van der Waals surface area contributed by atoms with Crippen molar-refractivity contribution in [2.75, 3.05) is 23.7 Å². The average molecular weight is 444 g/mol. The number of amides is 1. The molecule has 0 aliphatic carbocycles. The van der Waals surface area contributed by atoms with E-state index in [0.29, 0.717) is 27.0 Å². The second-order valence-electron chi connectivity index (χ2n) is 5.57. The summed E-state index contributed by atoms with van der Waals surface area (Å²) in [7, 11) is -2.16. The summed E-state index contributed by atoms with van der Waals surface area (Å²) in [6, 6.07) is 11.2. The maximum atomic E-state index is 12.4. The van der Waals surface area contributed by atoms with E-state index in [1.165, 1.54) is 20.2 Å². The Morgan fingerprint density at radius 1 is 1.18 bits per heavy atom. The molecule has 10 heteroatoms. The van der Waals surface area contributed by atoms with E-state index in [9.17, 15) is 13.2 Å². The molecule has 7 nitrogen and oxygen atoms in total. The number of methoxy groups -OCH3 is 1. The Labute approximate surface area is 173 Å². The number of benzene rings is 2. The highest BCUT2D eigenvalue weighted by atomic mass is 35.5. The Balaban J connectivity index is 2.11. The Hall–Kier alpha value is -2.29. The van der Waals surface area contributed by atoms with Crippen LogP contribution in [-0.4, -0.2) is 39.9 Å². The molecule has 0 bridgehead atoms. The number of nitrogens with one attached hydrogen (secondary N) is 1. The normalized spacial score (nSPS) is 11.4. The van der Waals surface area contributed by atoms with Crippen LogP contribution in [0.2, 0.25) is 10.0 Å². The first kappa shape index (κ1) is 22.0. The summed E-state index contributed by atoms with van der Waals surface area (Å²) in [4.78, 5) is 12.2. The summed E-state index contributed by atoms with van der Waals surface area (Å²) >= 11 is 11.8. The molecule has 150 valence electrons. The standard InChI is InChI=1S/C18H19Cl2N3O4S/c1-3-28(25,26)23(14-5-7-15(27-2)8-6-14)12-18(24)22-21-11-13-4-9-16(19)17(20)10-13/h4-11H,3,12H2,1-2H3,(H,22,24)/b21-11-. The molecule has 0 aliphatic rings. The monoisotopic (exact) mass is 443 g/mol. The van der Waals surface area contributed by atoms with E-state index in [4.69, 9.17) is 27.9 Å². The van der Waals surface area contributed by atoms with Gasteiger partial charge in [0, 0.05) is 0 Å². The minimum Gasteiger partial charge on any atom is -0.497 e. The zero-order valence-corrected chi connectivity index (χ0v) is 17.6. The topological polar surface area (TPSA) is 88.1 Å². The number of hydrogen-bond donors (Lipinski definition) is 1. The Morgan fingerprint density at radius 3 is 2.43 bits per heavy atom. The molecule has 1 amide bonds. The van der Waals surface area contributed by atoms with Crippen molar-refractivity contribution in [2.45, 2.75) is 6.92 Å². The highest BCUT2D eigenvalue weighted by Gasteiger charge is 2.23. The van der Waals surface area contributed by atoms with Gasteiger partial charge in [-0.3, -0.25) is 9.10 Å². The molecule has 0 saturated carbocycles. The van der Waals surface area contributed by atoms with Gasteiger partial charge in [0.2, 0.25) is 10.0 Å². The zero-order valence-electron chi connectivity index (χ0n) is 15.2. The summed E-state index contributed by atoms with van der Waals surface area (Å²) in [5, 5.41) is 4.59. The van der Waals surface area contributed by atoms with Gasteiger partial charge in [-0.25, -0.2) is 13.8 Å². The second kappa shape index (κ2) is 9.77. The highest BCUT2D eigenvalue weighted by Crippen LogP contribution is 2.22. The fraction of sp³-hybridized carbons (Fsp3) is 0.222. The maximum Gasteiger partial charge on any atom is 0.260 e. The first-order valence-corrected chi connectivity index (χ1v) is 10.5. The van der Waals surface area contributed by atoms with Crippen molar-refractivity contribution in [3.8, 4) is 5.75 Å². The van der Waals surface area contributed by atoms with Crippen LogP contribution in [-0.2, 0) is 14.8 Å². The van der Waals surface area contributed by atoms with Gasteiger partial charge < -0.3 is 4.74 Å². The molecular formula is C18H19Cl2N3O4S. The molecule has 0 unspecified atom stereocenters. The minimum atomic E-state index is -3.67. The number of ether oxygens (including phenoxy) is 1. The van der Waals surface area contributed by atoms with Crippen LogP contribution < -0.4 is 14.5 Å². The van der Waals surface area contributed by atoms with Gasteiger partial charge in [-0.2, -0.15) is 5.10 Å². The quantitative estimate of drug-likeness (QED) is 0.500. The van der Waals surface area contributed by atoms with Gasteiger partial charge in [0.25, 0.3) is 5.91 Å². The van der Waals surface area contributed by atoms with Crippen molar-refractivity contribution in [1.82, 2.24) is 5.43 Å². The molecular weight excluding hydrogens is 425 g/mol. The van der Waals surface area contributed by atoms with Crippen LogP contribution in [0.15, 0.2) is 47.6 Å². The number of nitrogens with zero attached hydrogens (tertiary/aromatic N) is 2. The van der Waals surface area contributed by atoms with E-state index in [1.54, 1.807) is 42.5 Å². The molecule has 28 heavy (non-hydrogen) atoms. The highest BCUT2D eigenvalue weighted by molar-refractivity contribution is 7.92. The fourth-order valence-corrected chi connectivity index (χ4v) is 3.57. The number of carbonyl (C=O) groups is 1. The summed E-state index contributed by atoms with van der Waals surface area (Å²) in [5.41, 5.74) is 3.29. The van der Waals surface area contributed by atoms with Crippen LogP contribution in [0.4, 0.5) is 5.69 Å². The predicted molar refractivity (Wildman–Crippen MR) is 112 cm³/mol. The molecule has 1 N–H and O–H groups in total. The number of halogens is 2. The molecule has 2 rings (SSSR count). The van der Waals surface area contributed by atoms with Crippen LogP contribution in [0.3, 0.4) is 0 Å². The molecule has 0 saturated heterocycles. The van der Waals surface area contributed by atoms with Gasteiger partial charge >= 0.3 is 0 Å². The molecule has 0 radical (unpaired) electrons. The number of sulfonamides is 1. The van der Waals surface area contributed by atoms with Crippen LogP contribution in [0.1, 0.15) is 12.5 Å². The van der Waals surface area contributed by atoms with E-state index in [1.807, 2.05) is 0 Å². The minimum absolute atomic E-state index is 0.154. The summed E-state index contributed by atoms with van der Waals surface area (Å²) < 4.78 is 30.9. The van der Waals surface area contributed by atoms with Crippen molar-refractivity contribution in [2.24, 2.45) is 5.10 Å². The molecule has 2 aromatic carbocycles. The second-order valence-corrected chi connectivity index (χ2v) is 8.57. The van der Waals surface area contributed by atoms with Crippen LogP contribution in [0, 0.1) is 0 Å². The molecule has 0 aromatic heterocycles. The summed E-state index contributed by atoms with van der Waals surface area (Å²) in [6.07, 6.45) is 1.38. The van der Waals surface area contributed by atoms with Crippen molar-refractivity contribution in [3.05, 3.63) is 58.1 Å². The SMILES string of the molecule is CCS(=O)(=O)N(CC(=O)N/N=C\c1ccc(Cl)c(Cl)c1)c1ccc(OC)cc1. The predicted octanol–water partition coefficient (Wildman–Crippen LogP) is 3.31. The Kier molecular flexibility index (Phi) is 7.68. The van der Waals surface area contributed by atoms with E-state index in [-0.39, 0.29) is 5.75 Å². The molecule has 2 aromatic rings. The number of hydrogen-bond acceptors (Lipinski definition) is 5. The molecule has 0 atom stereocenters. The van der Waals surface area contributed by atoms with Gasteiger partial charge in [-0.1, -0.05) is 29.3 Å². The largest absolute Gasteiger partial charge is 0.497 e. The third-order valence-corrected chi connectivity index (χ3v) is 6.17. The lowest BCUT2D eigenvalue weighted by molar-refractivity contribution is -0.119. The molecule has 0 aliphatic heterocycles. The number of rotatable bonds is 8. The van der Waals surface area contributed by atoms with Crippen LogP contribution in [0.5, 0.6) is 5.75 Å². The zero-order chi connectivity index (χ0) is 20.7. The average Bonchev–Trinajstić information content (AvgIpc) is 2.69.